The van der Waals surface area contributed by atoms with Crippen LogP contribution in [0.3, 0.4) is 0 Å². The van der Waals surface area contributed by atoms with Crippen molar-refractivity contribution in [3.8, 4) is 0 Å². The molecule has 3 heterocycles. The fourth-order valence-electron chi connectivity index (χ4n) is 3.56. The van der Waals surface area contributed by atoms with Crippen LogP contribution in [0.5, 0.6) is 0 Å². The predicted molar refractivity (Wildman–Crippen MR) is 104 cm³/mol. The molecule has 142 valence electrons. The van der Waals surface area contributed by atoms with Gasteiger partial charge in [0.1, 0.15) is 23.2 Å². The Morgan fingerprint density at radius 2 is 2.04 bits per heavy atom. The number of carbonyl (C=O) groups excluding carboxylic acids is 2. The van der Waals surface area contributed by atoms with Gasteiger partial charge in [0.25, 0.3) is 5.91 Å². The normalized spacial score (nSPS) is 24.8. The summed E-state index contributed by atoms with van der Waals surface area (Å²) in [6, 6.07) is 4.19. The number of carboxylic acids is 1. The highest BCUT2D eigenvalue weighted by molar-refractivity contribution is 8.00. The van der Waals surface area contributed by atoms with Gasteiger partial charge in [-0.05, 0) is 29.2 Å². The molecule has 3 atom stereocenters. The van der Waals surface area contributed by atoms with Crippen LogP contribution in [0.15, 0.2) is 29.5 Å². The lowest BCUT2D eigenvalue weighted by Gasteiger charge is -2.49. The first-order valence-electron chi connectivity index (χ1n) is 8.51. The Morgan fingerprint density at radius 3 is 2.78 bits per heavy atom. The molecule has 0 saturated carbocycles. The Bertz CT molecular complexity index is 885. The molecule has 2 amide bonds. The molecule has 3 unspecified atom stereocenters. The van der Waals surface area contributed by atoms with Crippen molar-refractivity contribution in [1.29, 1.82) is 0 Å². The van der Waals surface area contributed by atoms with E-state index in [0.717, 1.165) is 17.1 Å². The van der Waals surface area contributed by atoms with Crippen LogP contribution in [0, 0.1) is 0 Å². The number of β-lactam (4-membered cyclic amide) rings is 1. The zero-order valence-corrected chi connectivity index (χ0v) is 16.2. The minimum atomic E-state index is -1.12. The van der Waals surface area contributed by atoms with Gasteiger partial charge in [-0.1, -0.05) is 18.2 Å². The van der Waals surface area contributed by atoms with Gasteiger partial charge in [0.15, 0.2) is 0 Å². The molecule has 1 aromatic rings. The van der Waals surface area contributed by atoms with Crippen molar-refractivity contribution in [2.45, 2.75) is 35.9 Å². The zero-order valence-electron chi connectivity index (χ0n) is 14.6. The van der Waals surface area contributed by atoms with Crippen LogP contribution in [-0.4, -0.2) is 45.0 Å². The number of benzene rings is 1. The highest BCUT2D eigenvalue weighted by Crippen LogP contribution is 2.40. The number of amides is 2. The molecule has 3 aliphatic rings. The van der Waals surface area contributed by atoms with Gasteiger partial charge in [-0.15, -0.1) is 11.8 Å². The summed E-state index contributed by atoms with van der Waals surface area (Å²) in [5.74, 6) is 0.439. The molecule has 0 radical (unpaired) electrons. The van der Waals surface area contributed by atoms with E-state index in [1.54, 1.807) is 6.92 Å². The molecule has 0 bridgehead atoms. The van der Waals surface area contributed by atoms with E-state index >= 15 is 0 Å². The Balaban J connectivity index is 1.46. The fraction of sp³-hybridized carbons (Fsp3) is 0.389. The van der Waals surface area contributed by atoms with Gasteiger partial charge in [0.2, 0.25) is 5.91 Å². The van der Waals surface area contributed by atoms with E-state index in [9.17, 15) is 19.5 Å². The van der Waals surface area contributed by atoms with Gasteiger partial charge in [-0.2, -0.15) is 11.8 Å². The minimum absolute atomic E-state index is 0.0228. The van der Waals surface area contributed by atoms with E-state index in [2.05, 4.69) is 5.32 Å². The van der Waals surface area contributed by atoms with E-state index < -0.39 is 35.2 Å². The van der Waals surface area contributed by atoms with E-state index in [1.165, 1.54) is 27.8 Å². The maximum atomic E-state index is 12.6. The van der Waals surface area contributed by atoms with Gasteiger partial charge in [-0.3, -0.25) is 14.5 Å². The highest BCUT2D eigenvalue weighted by atomic mass is 32.2. The van der Waals surface area contributed by atoms with Crippen molar-refractivity contribution in [3.05, 3.63) is 46.2 Å². The summed E-state index contributed by atoms with van der Waals surface area (Å²) in [6.45, 7) is 1.70. The second kappa shape index (κ2) is 6.88. The van der Waals surface area contributed by atoms with E-state index in [0.29, 0.717) is 11.3 Å². The largest absolute Gasteiger partial charge is 0.477 e. The van der Waals surface area contributed by atoms with E-state index in [4.69, 9.17) is 5.73 Å². The lowest BCUT2D eigenvalue weighted by Crippen LogP contribution is -2.71. The molecule has 4 rings (SSSR count). The van der Waals surface area contributed by atoms with Crippen LogP contribution < -0.4 is 11.1 Å². The number of hydrogen-bond donors (Lipinski definition) is 3. The van der Waals surface area contributed by atoms with Gasteiger partial charge >= 0.3 is 5.97 Å². The highest BCUT2D eigenvalue weighted by Gasteiger charge is 2.53. The Kier molecular flexibility index (Phi) is 4.69. The van der Waals surface area contributed by atoms with Crippen LogP contribution in [-0.2, 0) is 25.9 Å². The van der Waals surface area contributed by atoms with Crippen molar-refractivity contribution in [3.63, 3.8) is 0 Å². The van der Waals surface area contributed by atoms with Crippen LogP contribution in [0.2, 0.25) is 0 Å². The number of nitrogens with one attached hydrogen (secondary N) is 1. The standard InChI is InChI=1S/C18H19N3O4S2/c1-8-5-27-17-13(16(23)21(17)14(8)18(24)25)20-15(22)12(19)9-2-3-10-6-26-7-11(10)4-9/h2-4,12-13,17H,5-7,19H2,1H3,(H,20,22)(H,24,25). The van der Waals surface area contributed by atoms with E-state index in [-0.39, 0.29) is 5.70 Å². The van der Waals surface area contributed by atoms with Crippen LogP contribution in [0.25, 0.3) is 0 Å². The fourth-order valence-corrected chi connectivity index (χ4v) is 5.94. The molecule has 1 saturated heterocycles. The maximum absolute atomic E-state index is 12.6. The summed E-state index contributed by atoms with van der Waals surface area (Å²) >= 11 is 3.27. The lowest BCUT2D eigenvalue weighted by atomic mass is 9.99. The monoisotopic (exact) mass is 405 g/mol. The smallest absolute Gasteiger partial charge is 0.352 e. The summed E-state index contributed by atoms with van der Waals surface area (Å²) in [7, 11) is 0. The number of carbonyl (C=O) groups is 3. The summed E-state index contributed by atoms with van der Waals surface area (Å²) < 4.78 is 0. The molecule has 4 N–H and O–H groups in total. The van der Waals surface area contributed by atoms with Crippen molar-refractivity contribution >= 4 is 41.3 Å². The number of nitrogens with two attached hydrogens (primary N) is 1. The molecular weight excluding hydrogens is 386 g/mol. The molecule has 0 aliphatic carbocycles. The quantitative estimate of drug-likeness (QED) is 0.645. The molecule has 27 heavy (non-hydrogen) atoms. The summed E-state index contributed by atoms with van der Waals surface area (Å²) in [5, 5.41) is 11.7. The van der Waals surface area contributed by atoms with Gasteiger partial charge in [0.05, 0.1) is 0 Å². The molecule has 1 aromatic carbocycles. The molecule has 0 aromatic heterocycles. The second-order valence-corrected chi connectivity index (χ2v) is 8.92. The zero-order chi connectivity index (χ0) is 19.3. The summed E-state index contributed by atoms with van der Waals surface area (Å²) in [4.78, 5) is 37.8. The third-order valence-electron chi connectivity index (χ3n) is 5.05. The predicted octanol–water partition coefficient (Wildman–Crippen LogP) is 1.19. The summed E-state index contributed by atoms with van der Waals surface area (Å²) in [6.07, 6.45) is 0. The topological polar surface area (TPSA) is 113 Å². The first-order valence-corrected chi connectivity index (χ1v) is 10.7. The maximum Gasteiger partial charge on any atom is 0.352 e. The first-order chi connectivity index (χ1) is 12.9. The van der Waals surface area contributed by atoms with Crippen molar-refractivity contribution in [2.75, 3.05) is 5.75 Å². The van der Waals surface area contributed by atoms with E-state index in [1.807, 2.05) is 30.0 Å². The molecule has 9 heteroatoms. The number of carboxylic acid groups (broad SMARTS) is 1. The van der Waals surface area contributed by atoms with Crippen LogP contribution >= 0.6 is 23.5 Å². The van der Waals surface area contributed by atoms with Gasteiger partial charge in [0, 0.05) is 17.3 Å². The molecule has 1 fully saturated rings. The summed E-state index contributed by atoms with van der Waals surface area (Å²) in [5.41, 5.74) is 9.97. The Morgan fingerprint density at radius 1 is 1.30 bits per heavy atom. The Hall–Kier alpha value is -1.97. The number of rotatable bonds is 4. The molecule has 7 nitrogen and oxygen atoms in total. The van der Waals surface area contributed by atoms with Gasteiger partial charge < -0.3 is 16.2 Å². The number of fused-ring (bicyclic) bond motifs is 2. The van der Waals surface area contributed by atoms with Crippen molar-refractivity contribution < 1.29 is 19.5 Å². The third kappa shape index (κ3) is 3.03. The molecular formula is C18H19N3O4S2. The SMILES string of the molecule is CC1=C(C(=O)O)N2C(=O)C(NC(=O)C(N)c3ccc4c(c3)CSC4)C2SC1. The Labute approximate surface area is 164 Å². The molecule has 0 spiro atoms. The van der Waals surface area contributed by atoms with Gasteiger partial charge in [-0.25, -0.2) is 4.79 Å². The van der Waals surface area contributed by atoms with Crippen LogP contribution in [0.4, 0.5) is 0 Å². The third-order valence-corrected chi connectivity index (χ3v) is 7.50. The average Bonchev–Trinajstić information content (AvgIpc) is 3.12. The number of nitrogens with zero attached hydrogens (tertiary/aromatic N) is 1. The van der Waals surface area contributed by atoms with Crippen LogP contribution in [0.1, 0.15) is 29.7 Å². The average molecular weight is 406 g/mol. The minimum Gasteiger partial charge on any atom is -0.477 e. The second-order valence-electron chi connectivity index (χ2n) is 6.83. The van der Waals surface area contributed by atoms with Crippen molar-refractivity contribution in [2.24, 2.45) is 5.73 Å². The van der Waals surface area contributed by atoms with Crippen molar-refractivity contribution in [1.82, 2.24) is 10.2 Å². The number of thioether (sulfide) groups is 2. The number of aliphatic carboxylic acids is 1. The lowest BCUT2D eigenvalue weighted by molar-refractivity contribution is -0.150. The number of hydrogen-bond acceptors (Lipinski definition) is 6. The molecule has 3 aliphatic heterocycles. The first kappa shape index (κ1) is 18.4.